The first kappa shape index (κ1) is 15.3. The van der Waals surface area contributed by atoms with Gasteiger partial charge in [0.2, 0.25) is 5.95 Å². The second-order valence-corrected chi connectivity index (χ2v) is 6.18. The molecule has 1 saturated heterocycles. The van der Waals surface area contributed by atoms with Crippen LogP contribution < -0.4 is 16.0 Å². The first-order chi connectivity index (χ1) is 10.6. The molecule has 0 saturated carbocycles. The maximum Gasteiger partial charge on any atom is 0.220 e. The van der Waals surface area contributed by atoms with Crippen LogP contribution in [0.5, 0.6) is 0 Å². The molecule has 1 aromatic carbocycles. The first-order valence-electron chi connectivity index (χ1n) is 7.11. The minimum Gasteiger partial charge on any atom is -0.368 e. The molecule has 1 fully saturated rings. The number of hydrogen-bond donors (Lipinski definition) is 2. The highest BCUT2D eigenvalue weighted by Gasteiger charge is 2.23. The lowest BCUT2D eigenvalue weighted by Crippen LogP contribution is -2.50. The molecule has 0 bridgehead atoms. The molecule has 5 nitrogen and oxygen atoms in total. The molecule has 0 spiro atoms. The third-order valence-corrected chi connectivity index (χ3v) is 4.33. The number of nitrogens with two attached hydrogens (primary N) is 1. The summed E-state index contributed by atoms with van der Waals surface area (Å²) >= 11 is 12.3. The second-order valence-electron chi connectivity index (χ2n) is 5.33. The molecule has 1 aliphatic rings. The number of nitrogen functional groups attached to an aromatic ring is 1. The lowest BCUT2D eigenvalue weighted by Gasteiger charge is -2.36. The Morgan fingerprint density at radius 1 is 1.36 bits per heavy atom. The van der Waals surface area contributed by atoms with Gasteiger partial charge in [0.1, 0.15) is 5.69 Å². The van der Waals surface area contributed by atoms with E-state index in [-0.39, 0.29) is 5.95 Å². The molecule has 0 amide bonds. The summed E-state index contributed by atoms with van der Waals surface area (Å²) in [6.45, 7) is 4.88. The standard InChI is InChI=1S/C15H17Cl2N5/c1-9-7-19-4-5-22(9)13-8-20-15(18)21-14(13)11-3-2-10(16)6-12(11)17/h2-3,6,8-9,19H,4-5,7H2,1H3,(H2,18,20,21). The largest absolute Gasteiger partial charge is 0.368 e. The van der Waals surface area contributed by atoms with Crippen molar-refractivity contribution in [2.45, 2.75) is 13.0 Å². The van der Waals surface area contributed by atoms with Gasteiger partial charge in [-0.25, -0.2) is 9.97 Å². The van der Waals surface area contributed by atoms with Gasteiger partial charge in [0.15, 0.2) is 0 Å². The summed E-state index contributed by atoms with van der Waals surface area (Å²) in [6.07, 6.45) is 1.77. The number of benzene rings is 1. The van der Waals surface area contributed by atoms with Crippen molar-refractivity contribution in [3.8, 4) is 11.3 Å². The molecule has 1 aromatic heterocycles. The smallest absolute Gasteiger partial charge is 0.220 e. The molecule has 7 heteroatoms. The van der Waals surface area contributed by atoms with Crippen LogP contribution in [0.4, 0.5) is 11.6 Å². The van der Waals surface area contributed by atoms with Crippen LogP contribution in [0.3, 0.4) is 0 Å². The monoisotopic (exact) mass is 337 g/mol. The van der Waals surface area contributed by atoms with Gasteiger partial charge in [-0.15, -0.1) is 0 Å². The highest BCUT2D eigenvalue weighted by atomic mass is 35.5. The van der Waals surface area contributed by atoms with Crippen LogP contribution in [0.15, 0.2) is 24.4 Å². The minimum absolute atomic E-state index is 0.229. The Morgan fingerprint density at radius 3 is 2.91 bits per heavy atom. The van der Waals surface area contributed by atoms with E-state index in [1.54, 1.807) is 18.3 Å². The van der Waals surface area contributed by atoms with Crippen LogP contribution in [-0.4, -0.2) is 35.6 Å². The van der Waals surface area contributed by atoms with Crippen molar-refractivity contribution >= 4 is 34.8 Å². The number of halogens is 2. The van der Waals surface area contributed by atoms with Gasteiger partial charge >= 0.3 is 0 Å². The SMILES string of the molecule is CC1CNCCN1c1cnc(N)nc1-c1ccc(Cl)cc1Cl. The third kappa shape index (κ3) is 2.97. The number of nitrogens with zero attached hydrogens (tertiary/aromatic N) is 3. The number of hydrogen-bond acceptors (Lipinski definition) is 5. The molecule has 3 rings (SSSR count). The van der Waals surface area contributed by atoms with Crippen molar-refractivity contribution in [2.24, 2.45) is 0 Å². The van der Waals surface area contributed by atoms with Crippen LogP contribution in [-0.2, 0) is 0 Å². The summed E-state index contributed by atoms with van der Waals surface area (Å²) in [5.74, 6) is 0.229. The molecular formula is C15H17Cl2N5. The Bertz CT molecular complexity index is 692. The van der Waals surface area contributed by atoms with E-state index >= 15 is 0 Å². The number of aromatic nitrogens is 2. The molecule has 116 valence electrons. The van der Waals surface area contributed by atoms with E-state index in [1.807, 2.05) is 6.07 Å². The zero-order valence-electron chi connectivity index (χ0n) is 12.2. The maximum absolute atomic E-state index is 6.35. The fraction of sp³-hybridized carbons (Fsp3) is 0.333. The van der Waals surface area contributed by atoms with E-state index in [2.05, 4.69) is 27.1 Å². The number of rotatable bonds is 2. The van der Waals surface area contributed by atoms with E-state index in [0.717, 1.165) is 36.6 Å². The van der Waals surface area contributed by atoms with Gasteiger partial charge in [-0.1, -0.05) is 23.2 Å². The van der Waals surface area contributed by atoms with Crippen molar-refractivity contribution < 1.29 is 0 Å². The Balaban J connectivity index is 2.11. The predicted octanol–water partition coefficient (Wildman–Crippen LogP) is 2.83. The Morgan fingerprint density at radius 2 is 2.18 bits per heavy atom. The summed E-state index contributed by atoms with van der Waals surface area (Å²) in [5, 5.41) is 4.51. The average molecular weight is 338 g/mol. The minimum atomic E-state index is 0.229. The van der Waals surface area contributed by atoms with Crippen molar-refractivity contribution in [2.75, 3.05) is 30.3 Å². The van der Waals surface area contributed by atoms with Crippen LogP contribution in [0.25, 0.3) is 11.3 Å². The summed E-state index contributed by atoms with van der Waals surface area (Å²) < 4.78 is 0. The summed E-state index contributed by atoms with van der Waals surface area (Å²) in [6, 6.07) is 5.71. The van der Waals surface area contributed by atoms with Crippen LogP contribution in [0.2, 0.25) is 10.0 Å². The molecule has 0 aliphatic carbocycles. The van der Waals surface area contributed by atoms with Crippen LogP contribution >= 0.6 is 23.2 Å². The normalized spacial score (nSPS) is 18.5. The molecule has 2 heterocycles. The van der Waals surface area contributed by atoms with Crippen LogP contribution in [0, 0.1) is 0 Å². The van der Waals surface area contributed by atoms with Crippen molar-refractivity contribution in [3.63, 3.8) is 0 Å². The average Bonchev–Trinajstić information content (AvgIpc) is 2.48. The van der Waals surface area contributed by atoms with E-state index in [0.29, 0.717) is 16.1 Å². The molecule has 3 N–H and O–H groups in total. The van der Waals surface area contributed by atoms with Crippen LogP contribution in [0.1, 0.15) is 6.92 Å². The quantitative estimate of drug-likeness (QED) is 0.881. The predicted molar refractivity (Wildman–Crippen MR) is 91.6 cm³/mol. The van der Waals surface area contributed by atoms with Crippen molar-refractivity contribution in [1.82, 2.24) is 15.3 Å². The fourth-order valence-corrected chi connectivity index (χ4v) is 3.18. The fourth-order valence-electron chi connectivity index (χ4n) is 2.68. The van der Waals surface area contributed by atoms with Crippen molar-refractivity contribution in [3.05, 3.63) is 34.4 Å². The molecule has 1 unspecified atom stereocenters. The highest BCUT2D eigenvalue weighted by Crippen LogP contribution is 2.36. The molecular weight excluding hydrogens is 321 g/mol. The van der Waals surface area contributed by atoms with Gasteiger partial charge in [-0.2, -0.15) is 0 Å². The second kappa shape index (κ2) is 6.28. The van der Waals surface area contributed by atoms with E-state index in [4.69, 9.17) is 28.9 Å². The van der Waals surface area contributed by atoms with Gasteiger partial charge in [0, 0.05) is 36.3 Å². The lowest BCUT2D eigenvalue weighted by atomic mass is 10.1. The Kier molecular flexibility index (Phi) is 4.38. The molecule has 1 aliphatic heterocycles. The number of nitrogens with one attached hydrogen (secondary N) is 1. The van der Waals surface area contributed by atoms with Gasteiger partial charge in [-0.3, -0.25) is 0 Å². The highest BCUT2D eigenvalue weighted by molar-refractivity contribution is 6.36. The van der Waals surface area contributed by atoms with Gasteiger partial charge in [0.25, 0.3) is 0 Å². The third-order valence-electron chi connectivity index (χ3n) is 3.79. The van der Waals surface area contributed by atoms with Gasteiger partial charge in [0.05, 0.1) is 16.9 Å². The molecule has 0 radical (unpaired) electrons. The molecule has 2 aromatic rings. The summed E-state index contributed by atoms with van der Waals surface area (Å²) in [4.78, 5) is 10.9. The van der Waals surface area contributed by atoms with Gasteiger partial charge in [-0.05, 0) is 25.1 Å². The molecule has 1 atom stereocenters. The van der Waals surface area contributed by atoms with Gasteiger partial charge < -0.3 is 16.0 Å². The maximum atomic E-state index is 6.35. The van der Waals surface area contributed by atoms with E-state index < -0.39 is 0 Å². The first-order valence-corrected chi connectivity index (χ1v) is 7.87. The topological polar surface area (TPSA) is 67.1 Å². The van der Waals surface area contributed by atoms with Crippen molar-refractivity contribution in [1.29, 1.82) is 0 Å². The zero-order valence-corrected chi connectivity index (χ0v) is 13.7. The number of piperazine rings is 1. The summed E-state index contributed by atoms with van der Waals surface area (Å²) in [5.41, 5.74) is 8.27. The molecule has 22 heavy (non-hydrogen) atoms. The summed E-state index contributed by atoms with van der Waals surface area (Å²) in [7, 11) is 0. The lowest BCUT2D eigenvalue weighted by molar-refractivity contribution is 0.500. The van der Waals surface area contributed by atoms with E-state index in [1.165, 1.54) is 0 Å². The van der Waals surface area contributed by atoms with E-state index in [9.17, 15) is 0 Å². The Hall–Kier alpha value is -1.56. The zero-order chi connectivity index (χ0) is 15.7. The number of anilines is 2. The Labute approximate surface area is 139 Å².